The zero-order valence-corrected chi connectivity index (χ0v) is 17.7. The number of fused-ring (bicyclic) bond motifs is 2. The molecular formula is C23H27NO4S. The summed E-state index contributed by atoms with van der Waals surface area (Å²) in [5.41, 5.74) is 4.14. The van der Waals surface area contributed by atoms with Gasteiger partial charge in [-0.2, -0.15) is 0 Å². The molecule has 1 aromatic heterocycles. The summed E-state index contributed by atoms with van der Waals surface area (Å²) in [4.78, 5) is 26.3. The predicted molar refractivity (Wildman–Crippen MR) is 114 cm³/mol. The van der Waals surface area contributed by atoms with E-state index in [1.54, 1.807) is 6.92 Å². The smallest absolute Gasteiger partial charge is 0.341 e. The molecule has 0 saturated heterocycles. The highest BCUT2D eigenvalue weighted by atomic mass is 32.1. The topological polar surface area (TPSA) is 64.6 Å². The van der Waals surface area contributed by atoms with Crippen LogP contribution in [0.4, 0.5) is 5.00 Å². The van der Waals surface area contributed by atoms with Crippen LogP contribution in [0.25, 0.3) is 0 Å². The normalized spacial score (nSPS) is 15.2. The summed E-state index contributed by atoms with van der Waals surface area (Å²) in [5, 5.41) is 3.51. The van der Waals surface area contributed by atoms with Crippen molar-refractivity contribution < 1.29 is 19.1 Å². The average Bonchev–Trinajstić information content (AvgIpc) is 3.10. The molecule has 0 unspecified atom stereocenters. The van der Waals surface area contributed by atoms with Crippen molar-refractivity contribution in [3.05, 3.63) is 45.3 Å². The van der Waals surface area contributed by atoms with Crippen molar-refractivity contribution in [2.75, 3.05) is 18.5 Å². The Morgan fingerprint density at radius 1 is 1.03 bits per heavy atom. The fraction of sp³-hybridized carbons (Fsp3) is 0.478. The highest BCUT2D eigenvalue weighted by Gasteiger charge is 2.27. The van der Waals surface area contributed by atoms with Gasteiger partial charge in [-0.15, -0.1) is 11.3 Å². The minimum atomic E-state index is -0.347. The van der Waals surface area contributed by atoms with Gasteiger partial charge in [0.1, 0.15) is 10.8 Å². The van der Waals surface area contributed by atoms with E-state index >= 15 is 0 Å². The Bertz CT molecular complexity index is 918. The molecule has 0 spiro atoms. The fourth-order valence-corrected chi connectivity index (χ4v) is 5.55. The Kier molecular flexibility index (Phi) is 6.19. The van der Waals surface area contributed by atoms with Gasteiger partial charge in [-0.1, -0.05) is 12.1 Å². The molecule has 0 radical (unpaired) electrons. The molecule has 1 N–H and O–H groups in total. The fourth-order valence-electron chi connectivity index (χ4n) is 4.26. The molecule has 2 aliphatic carbocycles. The second-order valence-corrected chi connectivity index (χ2v) is 8.68. The van der Waals surface area contributed by atoms with Gasteiger partial charge < -0.3 is 14.8 Å². The van der Waals surface area contributed by atoms with Gasteiger partial charge in [0, 0.05) is 4.88 Å². The Labute approximate surface area is 175 Å². The summed E-state index contributed by atoms with van der Waals surface area (Å²) in [6.45, 7) is 2.05. The highest BCUT2D eigenvalue weighted by molar-refractivity contribution is 7.17. The van der Waals surface area contributed by atoms with Gasteiger partial charge in [0.25, 0.3) is 5.91 Å². The number of amides is 1. The third kappa shape index (κ3) is 4.32. The molecule has 0 aliphatic heterocycles. The Balaban J connectivity index is 1.48. The van der Waals surface area contributed by atoms with Crippen molar-refractivity contribution in [1.82, 2.24) is 0 Å². The van der Waals surface area contributed by atoms with Crippen LogP contribution in [0.15, 0.2) is 18.2 Å². The molecule has 0 saturated carbocycles. The van der Waals surface area contributed by atoms with E-state index in [0.717, 1.165) is 56.3 Å². The molecule has 6 heteroatoms. The van der Waals surface area contributed by atoms with Crippen molar-refractivity contribution in [2.24, 2.45) is 0 Å². The van der Waals surface area contributed by atoms with Gasteiger partial charge in [-0.05, 0) is 81.0 Å². The van der Waals surface area contributed by atoms with Crippen LogP contribution in [-0.2, 0) is 35.2 Å². The minimum absolute atomic E-state index is 0.0682. The van der Waals surface area contributed by atoms with Crippen LogP contribution >= 0.6 is 11.3 Å². The standard InChI is InChI=1S/C23H27NO4S/c1-2-27-23(26)21-17-11-5-6-13-19(17)29-22(21)24-20(25)14-28-18-12-7-9-15-8-3-4-10-16(15)18/h7,9,12H,2-6,8,10-11,13-14H2,1H3,(H,24,25). The number of nitrogens with one attached hydrogen (secondary N) is 1. The first kappa shape index (κ1) is 20.0. The zero-order chi connectivity index (χ0) is 20.2. The number of rotatable bonds is 6. The van der Waals surface area contributed by atoms with Gasteiger partial charge in [-0.25, -0.2) is 4.79 Å². The molecule has 5 nitrogen and oxygen atoms in total. The summed E-state index contributed by atoms with van der Waals surface area (Å²) in [6, 6.07) is 6.07. The minimum Gasteiger partial charge on any atom is -0.483 e. The lowest BCUT2D eigenvalue weighted by Crippen LogP contribution is -2.22. The van der Waals surface area contributed by atoms with Crippen LogP contribution in [0, 0.1) is 0 Å². The maximum absolute atomic E-state index is 12.6. The third-order valence-electron chi connectivity index (χ3n) is 5.62. The van der Waals surface area contributed by atoms with Crippen LogP contribution in [0.5, 0.6) is 5.75 Å². The first-order valence-electron chi connectivity index (χ1n) is 10.5. The van der Waals surface area contributed by atoms with Crippen LogP contribution < -0.4 is 10.1 Å². The number of carbonyl (C=O) groups is 2. The van der Waals surface area contributed by atoms with Crippen molar-refractivity contribution >= 4 is 28.2 Å². The first-order chi connectivity index (χ1) is 14.2. The number of carbonyl (C=O) groups excluding carboxylic acids is 2. The maximum atomic E-state index is 12.6. The van der Waals surface area contributed by atoms with Gasteiger partial charge in [-0.3, -0.25) is 4.79 Å². The lowest BCUT2D eigenvalue weighted by Gasteiger charge is -2.19. The van der Waals surface area contributed by atoms with Crippen LogP contribution in [-0.4, -0.2) is 25.1 Å². The lowest BCUT2D eigenvalue weighted by molar-refractivity contribution is -0.118. The van der Waals surface area contributed by atoms with E-state index in [9.17, 15) is 9.59 Å². The van der Waals surface area contributed by atoms with Crippen LogP contribution in [0.1, 0.15) is 64.5 Å². The molecule has 1 heterocycles. The zero-order valence-electron chi connectivity index (χ0n) is 16.8. The molecule has 0 atom stereocenters. The number of anilines is 1. The molecule has 0 bridgehead atoms. The molecular weight excluding hydrogens is 386 g/mol. The molecule has 1 amide bonds. The van der Waals surface area contributed by atoms with Gasteiger partial charge in [0.05, 0.1) is 12.2 Å². The maximum Gasteiger partial charge on any atom is 0.341 e. The monoisotopic (exact) mass is 413 g/mol. The van der Waals surface area contributed by atoms with E-state index < -0.39 is 0 Å². The molecule has 4 rings (SSSR count). The summed E-state index contributed by atoms with van der Waals surface area (Å²) in [5.74, 6) is 0.205. The number of aryl methyl sites for hydroxylation is 2. The van der Waals surface area contributed by atoms with E-state index in [-0.39, 0.29) is 18.5 Å². The van der Waals surface area contributed by atoms with E-state index in [4.69, 9.17) is 9.47 Å². The van der Waals surface area contributed by atoms with E-state index in [1.165, 1.54) is 33.8 Å². The van der Waals surface area contributed by atoms with Gasteiger partial charge in [0.2, 0.25) is 0 Å². The van der Waals surface area contributed by atoms with E-state index in [0.29, 0.717) is 17.2 Å². The van der Waals surface area contributed by atoms with E-state index in [2.05, 4.69) is 11.4 Å². The van der Waals surface area contributed by atoms with Gasteiger partial charge in [0.15, 0.2) is 6.61 Å². The molecule has 0 fully saturated rings. The number of benzene rings is 1. The SMILES string of the molecule is CCOC(=O)c1c(NC(=O)COc2cccc3c2CCCC3)sc2c1CCCC2. The summed E-state index contributed by atoms with van der Waals surface area (Å²) in [6.07, 6.45) is 8.43. The largest absolute Gasteiger partial charge is 0.483 e. The van der Waals surface area contributed by atoms with E-state index in [1.807, 2.05) is 12.1 Å². The Hall–Kier alpha value is -2.34. The lowest BCUT2D eigenvalue weighted by atomic mass is 9.91. The average molecular weight is 414 g/mol. The number of ether oxygens (including phenoxy) is 2. The highest BCUT2D eigenvalue weighted by Crippen LogP contribution is 2.38. The quantitative estimate of drug-likeness (QED) is 0.697. The van der Waals surface area contributed by atoms with Crippen molar-refractivity contribution in [3.8, 4) is 5.75 Å². The summed E-state index contributed by atoms with van der Waals surface area (Å²) >= 11 is 1.50. The van der Waals surface area contributed by atoms with Crippen molar-refractivity contribution in [3.63, 3.8) is 0 Å². The molecule has 1 aromatic carbocycles. The Morgan fingerprint density at radius 3 is 2.62 bits per heavy atom. The predicted octanol–water partition coefficient (Wildman–Crippen LogP) is 4.70. The second kappa shape index (κ2) is 8.99. The summed E-state index contributed by atoms with van der Waals surface area (Å²) < 4.78 is 11.1. The number of hydrogen-bond donors (Lipinski definition) is 1. The van der Waals surface area contributed by atoms with Gasteiger partial charge >= 0.3 is 5.97 Å². The second-order valence-electron chi connectivity index (χ2n) is 7.57. The molecule has 2 aliphatic rings. The summed E-state index contributed by atoms with van der Waals surface area (Å²) in [7, 11) is 0. The van der Waals surface area contributed by atoms with Crippen LogP contribution in [0.3, 0.4) is 0 Å². The Morgan fingerprint density at radius 2 is 1.79 bits per heavy atom. The number of esters is 1. The molecule has 2 aromatic rings. The third-order valence-corrected chi connectivity index (χ3v) is 6.82. The van der Waals surface area contributed by atoms with Crippen LogP contribution in [0.2, 0.25) is 0 Å². The number of thiophene rings is 1. The first-order valence-corrected chi connectivity index (χ1v) is 11.3. The number of hydrogen-bond acceptors (Lipinski definition) is 5. The van der Waals surface area contributed by atoms with Crippen molar-refractivity contribution in [2.45, 2.75) is 58.3 Å². The molecule has 154 valence electrons. The molecule has 29 heavy (non-hydrogen) atoms. The van der Waals surface area contributed by atoms with Crippen molar-refractivity contribution in [1.29, 1.82) is 0 Å².